The lowest BCUT2D eigenvalue weighted by atomic mass is 9.94. The van der Waals surface area contributed by atoms with Crippen LogP contribution in [-0.2, 0) is 0 Å². The van der Waals surface area contributed by atoms with Crippen LogP contribution < -0.4 is 5.62 Å². The summed E-state index contributed by atoms with van der Waals surface area (Å²) in [4.78, 5) is 18.0. The molecule has 0 saturated heterocycles. The molecule has 48 heavy (non-hydrogen) atoms. The zero-order valence-electron chi connectivity index (χ0n) is 25.7. The molecule has 0 aliphatic carbocycles. The topological polar surface area (TPSA) is 77.8 Å². The molecule has 0 atom stereocenters. The molecule has 226 valence electrons. The Kier molecular flexibility index (Phi) is 6.73. The monoisotopic (exact) mass is 633 g/mol. The van der Waals surface area contributed by atoms with Crippen molar-refractivity contribution >= 4 is 59.8 Å². The number of aromatic nitrogens is 3. The molecule has 0 radical (unpaired) electrons. The SMILES string of the molecule is N=C(N=c1nc(-c2ccccc2)c2ccccc2[nH]1)c1ccccc1-c1ccc2ccc3ccc4nc(-c5ccccc5)sc4c3c2c1. The van der Waals surface area contributed by atoms with E-state index in [9.17, 15) is 5.41 Å². The highest BCUT2D eigenvalue weighted by molar-refractivity contribution is 7.22. The summed E-state index contributed by atoms with van der Waals surface area (Å²) in [5.74, 6) is 0.138. The lowest BCUT2D eigenvalue weighted by Gasteiger charge is -2.11. The van der Waals surface area contributed by atoms with Crippen molar-refractivity contribution in [3.05, 3.63) is 163 Å². The fourth-order valence-corrected chi connectivity index (χ4v) is 7.62. The van der Waals surface area contributed by atoms with E-state index >= 15 is 0 Å². The third kappa shape index (κ3) is 4.87. The van der Waals surface area contributed by atoms with Crippen molar-refractivity contribution in [1.29, 1.82) is 5.41 Å². The first kappa shape index (κ1) is 28.0. The average Bonchev–Trinajstić information content (AvgIpc) is 3.60. The molecular weight excluding hydrogens is 607 g/mol. The zero-order valence-corrected chi connectivity index (χ0v) is 26.5. The molecule has 0 amide bonds. The van der Waals surface area contributed by atoms with Gasteiger partial charge in [-0.25, -0.2) is 9.97 Å². The van der Waals surface area contributed by atoms with Crippen LogP contribution in [-0.4, -0.2) is 20.8 Å². The number of nitrogens with one attached hydrogen (secondary N) is 2. The number of H-pyrrole nitrogens is 1. The molecule has 9 aromatic rings. The van der Waals surface area contributed by atoms with E-state index in [1.165, 1.54) is 15.5 Å². The standard InChI is InChI=1S/C42H27N5S/c43-40(47-42-45-35-18-10-9-17-33(35)38(46-42)28-11-3-1-4-12-28)32-16-8-7-15-31(32)30-22-20-26-19-21-27-23-24-36-39(37(27)34(26)25-30)48-41(44-36)29-13-5-2-6-14-29/h1-25H,(H2,43,45,46,47). The van der Waals surface area contributed by atoms with Crippen molar-refractivity contribution in [2.24, 2.45) is 4.99 Å². The second-order valence-corrected chi connectivity index (χ2v) is 12.7. The van der Waals surface area contributed by atoms with Gasteiger partial charge in [0.25, 0.3) is 0 Å². The van der Waals surface area contributed by atoms with Crippen molar-refractivity contribution < 1.29 is 0 Å². The number of rotatable bonds is 4. The number of fused-ring (bicyclic) bond motifs is 6. The van der Waals surface area contributed by atoms with Gasteiger partial charge in [0.1, 0.15) is 5.01 Å². The molecule has 6 heteroatoms. The summed E-state index contributed by atoms with van der Waals surface area (Å²) in [7, 11) is 0. The van der Waals surface area contributed by atoms with Gasteiger partial charge in [-0.1, -0.05) is 133 Å². The van der Waals surface area contributed by atoms with Gasteiger partial charge in [-0.05, 0) is 45.5 Å². The summed E-state index contributed by atoms with van der Waals surface area (Å²) >= 11 is 1.74. The van der Waals surface area contributed by atoms with Crippen molar-refractivity contribution in [3.63, 3.8) is 0 Å². The van der Waals surface area contributed by atoms with E-state index in [-0.39, 0.29) is 5.84 Å². The first-order chi connectivity index (χ1) is 23.7. The molecule has 0 unspecified atom stereocenters. The molecule has 5 nitrogen and oxygen atoms in total. The van der Waals surface area contributed by atoms with Gasteiger partial charge in [-0.2, -0.15) is 4.99 Å². The highest BCUT2D eigenvalue weighted by Gasteiger charge is 2.15. The van der Waals surface area contributed by atoms with Crippen LogP contribution in [0, 0.1) is 5.41 Å². The third-order valence-corrected chi connectivity index (χ3v) is 9.92. The number of para-hydroxylation sites is 1. The normalized spacial score (nSPS) is 12.0. The van der Waals surface area contributed by atoms with E-state index in [0.717, 1.165) is 65.7 Å². The summed E-state index contributed by atoms with van der Waals surface area (Å²) < 4.78 is 1.18. The van der Waals surface area contributed by atoms with Crippen molar-refractivity contribution in [1.82, 2.24) is 15.0 Å². The molecule has 7 aromatic carbocycles. The third-order valence-electron chi connectivity index (χ3n) is 8.78. The Labute approximate surface area is 280 Å². The van der Waals surface area contributed by atoms with Crippen LogP contribution in [0.3, 0.4) is 0 Å². The Balaban J connectivity index is 1.19. The molecule has 0 bridgehead atoms. The molecule has 0 aliphatic heterocycles. The summed E-state index contributed by atoms with van der Waals surface area (Å²) in [6.07, 6.45) is 0. The van der Waals surface area contributed by atoms with Crippen molar-refractivity contribution in [2.75, 3.05) is 0 Å². The average molecular weight is 634 g/mol. The maximum Gasteiger partial charge on any atom is 0.229 e. The molecule has 0 fully saturated rings. The molecular formula is C42H27N5S. The number of hydrogen-bond acceptors (Lipinski definition) is 4. The van der Waals surface area contributed by atoms with E-state index in [0.29, 0.717) is 5.62 Å². The number of thiazole rings is 1. The van der Waals surface area contributed by atoms with Crippen molar-refractivity contribution in [3.8, 4) is 33.0 Å². The molecule has 0 aliphatic rings. The lowest BCUT2D eigenvalue weighted by molar-refractivity contribution is 1.05. The van der Waals surface area contributed by atoms with E-state index in [1.807, 2.05) is 72.8 Å². The van der Waals surface area contributed by atoms with E-state index < -0.39 is 0 Å². The number of benzene rings is 7. The first-order valence-electron chi connectivity index (χ1n) is 15.8. The van der Waals surface area contributed by atoms with Crippen LogP contribution in [0.2, 0.25) is 0 Å². The Morgan fingerprint density at radius 2 is 1.29 bits per heavy atom. The highest BCUT2D eigenvalue weighted by atomic mass is 32.1. The summed E-state index contributed by atoms with van der Waals surface area (Å²) in [5.41, 5.74) is 7.95. The predicted molar refractivity (Wildman–Crippen MR) is 199 cm³/mol. The van der Waals surface area contributed by atoms with E-state index in [4.69, 9.17) is 15.0 Å². The number of amidine groups is 1. The molecule has 2 heterocycles. The minimum atomic E-state index is 0.138. The second-order valence-electron chi connectivity index (χ2n) is 11.7. The predicted octanol–water partition coefficient (Wildman–Crippen LogP) is 10.4. The minimum Gasteiger partial charge on any atom is -0.323 e. The Morgan fingerprint density at radius 3 is 2.15 bits per heavy atom. The molecule has 0 spiro atoms. The van der Waals surface area contributed by atoms with Gasteiger partial charge in [0.05, 0.1) is 21.4 Å². The van der Waals surface area contributed by atoms with Crippen LogP contribution in [0.1, 0.15) is 5.56 Å². The minimum absolute atomic E-state index is 0.138. The maximum atomic E-state index is 9.19. The molecule has 2 aromatic heterocycles. The van der Waals surface area contributed by atoms with Crippen molar-refractivity contribution in [2.45, 2.75) is 0 Å². The van der Waals surface area contributed by atoms with Crippen LogP contribution in [0.5, 0.6) is 0 Å². The quantitative estimate of drug-likeness (QED) is 0.115. The van der Waals surface area contributed by atoms with Gasteiger partial charge >= 0.3 is 0 Å². The Hall–Kier alpha value is -6.24. The first-order valence-corrected chi connectivity index (χ1v) is 16.6. The molecule has 0 saturated carbocycles. The summed E-state index contributed by atoms with van der Waals surface area (Å²) in [6, 6.07) is 51.7. The fourth-order valence-electron chi connectivity index (χ4n) is 6.48. The zero-order chi connectivity index (χ0) is 32.0. The lowest BCUT2D eigenvalue weighted by Crippen LogP contribution is -2.17. The van der Waals surface area contributed by atoms with E-state index in [1.54, 1.807) is 11.3 Å². The highest BCUT2D eigenvalue weighted by Crippen LogP contribution is 2.40. The summed E-state index contributed by atoms with van der Waals surface area (Å²) in [6.45, 7) is 0. The van der Waals surface area contributed by atoms with Gasteiger partial charge in [0, 0.05) is 27.5 Å². The van der Waals surface area contributed by atoms with Gasteiger partial charge in [0.2, 0.25) is 5.62 Å². The van der Waals surface area contributed by atoms with Crippen LogP contribution >= 0.6 is 11.3 Å². The number of aromatic amines is 1. The van der Waals surface area contributed by atoms with Gasteiger partial charge < -0.3 is 4.98 Å². The molecule has 9 rings (SSSR count). The van der Waals surface area contributed by atoms with Gasteiger partial charge in [0.15, 0.2) is 5.84 Å². The smallest absolute Gasteiger partial charge is 0.229 e. The number of nitrogens with zero attached hydrogens (tertiary/aromatic N) is 3. The second kappa shape index (κ2) is 11.5. The number of hydrogen-bond donors (Lipinski definition) is 2. The largest absolute Gasteiger partial charge is 0.323 e. The van der Waals surface area contributed by atoms with Gasteiger partial charge in [-0.3, -0.25) is 5.41 Å². The van der Waals surface area contributed by atoms with E-state index in [2.05, 4.69) is 83.8 Å². The van der Waals surface area contributed by atoms with Crippen LogP contribution in [0.15, 0.2) is 157 Å². The van der Waals surface area contributed by atoms with Crippen LogP contribution in [0.25, 0.3) is 75.6 Å². The Morgan fingerprint density at radius 1 is 0.604 bits per heavy atom. The summed E-state index contributed by atoms with van der Waals surface area (Å²) in [5, 5.41) is 15.9. The fraction of sp³-hybridized carbons (Fsp3) is 0. The Bertz CT molecular complexity index is 2740. The molecule has 2 N–H and O–H groups in total. The van der Waals surface area contributed by atoms with Crippen LogP contribution in [0.4, 0.5) is 0 Å². The van der Waals surface area contributed by atoms with Gasteiger partial charge in [-0.15, -0.1) is 11.3 Å². The maximum absolute atomic E-state index is 9.19.